The third kappa shape index (κ3) is 2.88. The summed E-state index contributed by atoms with van der Waals surface area (Å²) in [6.45, 7) is 0.455. The van der Waals surface area contributed by atoms with Crippen LogP contribution in [0.1, 0.15) is 5.56 Å². The first-order chi connectivity index (χ1) is 11.7. The molecule has 1 saturated heterocycles. The maximum atomic E-state index is 12.4. The van der Waals surface area contributed by atoms with Crippen LogP contribution in [0.15, 0.2) is 57.4 Å². The van der Waals surface area contributed by atoms with Crippen molar-refractivity contribution in [3.05, 3.63) is 58.0 Å². The van der Waals surface area contributed by atoms with Crippen molar-refractivity contribution in [2.75, 3.05) is 13.7 Å². The number of hydrogen-bond donors (Lipinski definition) is 0. The Hall–Kier alpha value is -2.38. The molecular formula is C17H13N3O2S2. The summed E-state index contributed by atoms with van der Waals surface area (Å²) >= 11 is 2.80. The van der Waals surface area contributed by atoms with E-state index in [4.69, 9.17) is 4.74 Å². The maximum Gasteiger partial charge on any atom is 0.266 e. The number of nitrogens with zero attached hydrogens (tertiary/aromatic N) is 3. The Labute approximate surface area is 147 Å². The Bertz CT molecular complexity index is 885. The zero-order valence-corrected chi connectivity index (χ0v) is 14.4. The molecule has 1 aromatic heterocycles. The van der Waals surface area contributed by atoms with Crippen molar-refractivity contribution >= 4 is 45.4 Å². The van der Waals surface area contributed by atoms with Gasteiger partial charge in [-0.2, -0.15) is 4.99 Å². The Morgan fingerprint density at radius 2 is 2.25 bits per heavy atom. The molecule has 120 valence electrons. The molecule has 1 amide bonds. The summed E-state index contributed by atoms with van der Waals surface area (Å²) < 4.78 is 5.73. The van der Waals surface area contributed by atoms with Gasteiger partial charge in [-0.1, -0.05) is 18.2 Å². The molecule has 5 nitrogen and oxygen atoms in total. The minimum Gasteiger partial charge on any atom is -0.488 e. The summed E-state index contributed by atoms with van der Waals surface area (Å²) in [5, 5.41) is 3.14. The highest BCUT2D eigenvalue weighted by molar-refractivity contribution is 8.18. The smallest absolute Gasteiger partial charge is 0.266 e. The van der Waals surface area contributed by atoms with E-state index in [1.54, 1.807) is 18.1 Å². The predicted molar refractivity (Wildman–Crippen MR) is 97.6 cm³/mol. The van der Waals surface area contributed by atoms with Crippen LogP contribution in [0.4, 0.5) is 5.13 Å². The van der Waals surface area contributed by atoms with Gasteiger partial charge < -0.3 is 4.74 Å². The highest BCUT2D eigenvalue weighted by atomic mass is 32.2. The highest BCUT2D eigenvalue weighted by Crippen LogP contribution is 2.34. The van der Waals surface area contributed by atoms with Crippen molar-refractivity contribution in [1.82, 2.24) is 9.88 Å². The average molecular weight is 355 g/mol. The van der Waals surface area contributed by atoms with E-state index in [0.717, 1.165) is 16.9 Å². The SMILES string of the molecule is CN1C(=O)/C(=C/C2=Cc3ccccc3OC2)S/C1=N/c1nccs1. The van der Waals surface area contributed by atoms with Crippen LogP contribution in [0.5, 0.6) is 5.75 Å². The monoisotopic (exact) mass is 355 g/mol. The van der Waals surface area contributed by atoms with Gasteiger partial charge in [-0.25, -0.2) is 4.98 Å². The molecule has 2 aliphatic rings. The number of amides is 1. The summed E-state index contributed by atoms with van der Waals surface area (Å²) in [6.07, 6.45) is 5.63. The van der Waals surface area contributed by atoms with Gasteiger partial charge in [0.2, 0.25) is 5.13 Å². The second-order valence-corrected chi connectivity index (χ2v) is 7.11. The molecule has 0 saturated carbocycles. The fourth-order valence-corrected chi connectivity index (χ4v) is 3.94. The normalized spacial score (nSPS) is 20.3. The zero-order chi connectivity index (χ0) is 16.5. The topological polar surface area (TPSA) is 54.8 Å². The molecule has 0 radical (unpaired) electrons. The van der Waals surface area contributed by atoms with Gasteiger partial charge in [0.1, 0.15) is 12.4 Å². The van der Waals surface area contributed by atoms with Crippen LogP contribution in [-0.2, 0) is 4.79 Å². The van der Waals surface area contributed by atoms with E-state index >= 15 is 0 Å². The number of para-hydroxylation sites is 1. The molecule has 0 atom stereocenters. The van der Waals surface area contributed by atoms with Crippen LogP contribution < -0.4 is 4.74 Å². The minimum atomic E-state index is -0.0601. The van der Waals surface area contributed by atoms with Gasteiger partial charge in [0, 0.05) is 24.2 Å². The summed E-state index contributed by atoms with van der Waals surface area (Å²) in [5.74, 6) is 0.809. The summed E-state index contributed by atoms with van der Waals surface area (Å²) in [6, 6.07) is 7.86. The van der Waals surface area contributed by atoms with Gasteiger partial charge in [-0.3, -0.25) is 9.69 Å². The molecule has 0 unspecified atom stereocenters. The van der Waals surface area contributed by atoms with Crippen molar-refractivity contribution in [1.29, 1.82) is 0 Å². The predicted octanol–water partition coefficient (Wildman–Crippen LogP) is 3.70. The fourth-order valence-electron chi connectivity index (χ4n) is 2.39. The maximum absolute atomic E-state index is 12.4. The van der Waals surface area contributed by atoms with Crippen LogP contribution in [0.2, 0.25) is 0 Å². The van der Waals surface area contributed by atoms with Gasteiger partial charge in [-0.05, 0) is 35.6 Å². The van der Waals surface area contributed by atoms with Crippen molar-refractivity contribution < 1.29 is 9.53 Å². The number of carbonyl (C=O) groups excluding carboxylic acids is 1. The number of ether oxygens (including phenoxy) is 1. The summed E-state index contributed by atoms with van der Waals surface area (Å²) in [5.41, 5.74) is 1.99. The number of aliphatic imine (C=N–C) groups is 1. The number of hydrogen-bond acceptors (Lipinski definition) is 6. The second-order valence-electron chi connectivity index (χ2n) is 5.23. The molecule has 0 bridgehead atoms. The van der Waals surface area contributed by atoms with Gasteiger partial charge in [-0.15, -0.1) is 11.3 Å². The average Bonchev–Trinajstić information content (AvgIpc) is 3.20. The molecule has 0 spiro atoms. The minimum absolute atomic E-state index is 0.0601. The van der Waals surface area contributed by atoms with Crippen LogP contribution >= 0.6 is 23.1 Å². The molecule has 7 heteroatoms. The lowest BCUT2D eigenvalue weighted by atomic mass is 10.1. The van der Waals surface area contributed by atoms with Crippen LogP contribution in [-0.4, -0.2) is 34.6 Å². The van der Waals surface area contributed by atoms with E-state index in [-0.39, 0.29) is 5.91 Å². The lowest BCUT2D eigenvalue weighted by molar-refractivity contribution is -0.121. The van der Waals surface area contributed by atoms with E-state index in [2.05, 4.69) is 16.1 Å². The Kier molecular flexibility index (Phi) is 3.95. The standard InChI is InChI=1S/C17H13N3O2S2/c1-20-15(21)14(24-17(20)19-16-18-6-7-23-16)9-11-8-12-4-2-3-5-13(12)22-10-11/h2-9H,10H2,1H3/b14-9-,19-17+. The van der Waals surface area contributed by atoms with E-state index in [0.29, 0.717) is 21.8 Å². The van der Waals surface area contributed by atoms with Crippen molar-refractivity contribution in [2.24, 2.45) is 4.99 Å². The van der Waals surface area contributed by atoms with Crippen LogP contribution in [0, 0.1) is 0 Å². The van der Waals surface area contributed by atoms with Gasteiger partial charge in [0.15, 0.2) is 5.17 Å². The molecule has 3 heterocycles. The molecule has 0 aliphatic carbocycles. The lowest BCUT2D eigenvalue weighted by Gasteiger charge is -2.15. The molecule has 0 N–H and O–H groups in total. The molecule has 1 fully saturated rings. The van der Waals surface area contributed by atoms with E-state index < -0.39 is 0 Å². The van der Waals surface area contributed by atoms with Crippen molar-refractivity contribution in [3.8, 4) is 5.75 Å². The molecule has 24 heavy (non-hydrogen) atoms. The van der Waals surface area contributed by atoms with Crippen LogP contribution in [0.3, 0.4) is 0 Å². The number of likely N-dealkylation sites (N-methyl/N-ethyl adjacent to an activating group) is 1. The third-order valence-corrected chi connectivity index (χ3v) is 5.31. The number of thioether (sulfide) groups is 1. The number of aromatic nitrogens is 1. The largest absolute Gasteiger partial charge is 0.488 e. The fraction of sp³-hybridized carbons (Fsp3) is 0.118. The van der Waals surface area contributed by atoms with E-state index in [1.807, 2.05) is 35.7 Å². The van der Waals surface area contributed by atoms with Gasteiger partial charge >= 0.3 is 0 Å². The molecule has 2 aliphatic heterocycles. The Balaban J connectivity index is 1.62. The number of thiazole rings is 1. The number of benzene rings is 1. The number of rotatable bonds is 2. The first-order valence-corrected chi connectivity index (χ1v) is 8.98. The van der Waals surface area contributed by atoms with E-state index in [9.17, 15) is 4.79 Å². The first-order valence-electron chi connectivity index (χ1n) is 7.29. The van der Waals surface area contributed by atoms with Gasteiger partial charge in [0.25, 0.3) is 5.91 Å². The number of carbonyl (C=O) groups is 1. The summed E-state index contributed by atoms with van der Waals surface area (Å²) in [4.78, 5) is 23.2. The zero-order valence-electron chi connectivity index (χ0n) is 12.8. The lowest BCUT2D eigenvalue weighted by Crippen LogP contribution is -2.23. The first kappa shape index (κ1) is 15.2. The van der Waals surface area contributed by atoms with E-state index in [1.165, 1.54) is 23.1 Å². The summed E-state index contributed by atoms with van der Waals surface area (Å²) in [7, 11) is 1.73. The Morgan fingerprint density at radius 1 is 1.38 bits per heavy atom. The molecular weight excluding hydrogens is 342 g/mol. The van der Waals surface area contributed by atoms with Crippen molar-refractivity contribution in [3.63, 3.8) is 0 Å². The quantitative estimate of drug-likeness (QED) is 0.771. The van der Waals surface area contributed by atoms with Crippen LogP contribution in [0.25, 0.3) is 6.08 Å². The number of fused-ring (bicyclic) bond motifs is 1. The van der Waals surface area contributed by atoms with Gasteiger partial charge in [0.05, 0.1) is 4.91 Å². The van der Waals surface area contributed by atoms with Crippen molar-refractivity contribution in [2.45, 2.75) is 0 Å². The molecule has 4 rings (SSSR count). The third-order valence-electron chi connectivity index (χ3n) is 3.58. The second kappa shape index (κ2) is 6.26. The number of amidine groups is 1. The highest BCUT2D eigenvalue weighted by Gasteiger charge is 2.31. The molecule has 2 aromatic rings. The Morgan fingerprint density at radius 3 is 3.08 bits per heavy atom. The molecule has 1 aromatic carbocycles.